The number of carboxylic acid groups (broad SMARTS) is 1. The molecule has 1 amide bonds. The number of piperidine rings is 1. The fourth-order valence-corrected chi connectivity index (χ4v) is 3.28. The number of hydrogen-bond acceptors (Lipinski definition) is 5. The van der Waals surface area contributed by atoms with Crippen LogP contribution in [0.5, 0.6) is 0 Å². The number of aliphatic carboxylic acids is 1. The number of rotatable bonds is 3. The molecule has 1 spiro atoms. The van der Waals surface area contributed by atoms with Crippen LogP contribution in [-0.4, -0.2) is 70.6 Å². The predicted octanol–water partition coefficient (Wildman–Crippen LogP) is 1.91. The zero-order chi connectivity index (χ0) is 17.3. The van der Waals surface area contributed by atoms with E-state index in [1.54, 1.807) is 20.8 Å². The van der Waals surface area contributed by atoms with Gasteiger partial charge in [-0.2, -0.15) is 0 Å². The summed E-state index contributed by atoms with van der Waals surface area (Å²) >= 11 is 0. The van der Waals surface area contributed by atoms with Gasteiger partial charge in [0, 0.05) is 25.9 Å². The molecule has 23 heavy (non-hydrogen) atoms. The van der Waals surface area contributed by atoms with Gasteiger partial charge >= 0.3 is 12.1 Å². The Kier molecular flexibility index (Phi) is 5.20. The van der Waals surface area contributed by atoms with Crippen molar-refractivity contribution in [3.05, 3.63) is 0 Å². The highest BCUT2D eigenvalue weighted by Crippen LogP contribution is 2.38. The zero-order valence-electron chi connectivity index (χ0n) is 14.5. The maximum Gasteiger partial charge on any atom is 0.413 e. The maximum absolute atomic E-state index is 12.6. The van der Waals surface area contributed by atoms with Crippen molar-refractivity contribution in [1.29, 1.82) is 0 Å². The lowest BCUT2D eigenvalue weighted by Crippen LogP contribution is -2.59. The van der Waals surface area contributed by atoms with Crippen LogP contribution in [0.4, 0.5) is 4.79 Å². The van der Waals surface area contributed by atoms with Crippen LogP contribution in [0.1, 0.15) is 47.0 Å². The fourth-order valence-electron chi connectivity index (χ4n) is 3.28. The average molecular weight is 328 g/mol. The summed E-state index contributed by atoms with van der Waals surface area (Å²) in [6.45, 7) is 10.0. The molecule has 1 N–H and O–H groups in total. The lowest BCUT2D eigenvalue weighted by atomic mass is 9.98. The van der Waals surface area contributed by atoms with Gasteiger partial charge < -0.3 is 19.5 Å². The third-order valence-corrected chi connectivity index (χ3v) is 4.31. The van der Waals surface area contributed by atoms with Crippen molar-refractivity contribution in [2.45, 2.75) is 64.3 Å². The summed E-state index contributed by atoms with van der Waals surface area (Å²) < 4.78 is 11.3. The summed E-state index contributed by atoms with van der Waals surface area (Å²) in [6.07, 6.45) is 1.68. The molecule has 2 saturated heterocycles. The first kappa shape index (κ1) is 18.0. The molecule has 2 fully saturated rings. The Hall–Kier alpha value is -1.34. The van der Waals surface area contributed by atoms with Crippen LogP contribution >= 0.6 is 0 Å². The summed E-state index contributed by atoms with van der Waals surface area (Å²) in [6, 6.07) is -0.984. The lowest BCUT2D eigenvalue weighted by Gasteiger charge is -2.44. The standard InChI is InChI=1S/C16H28N2O5/c1-5-8-17-9-6-16(7-10-17)18(12(11-22-16)13(19)20)14(21)23-15(2,3)4/h12H,5-11H2,1-4H3,(H,19,20). The molecule has 2 heterocycles. The number of nitrogens with zero attached hydrogens (tertiary/aromatic N) is 2. The zero-order valence-corrected chi connectivity index (χ0v) is 14.5. The first-order chi connectivity index (χ1) is 10.7. The van der Waals surface area contributed by atoms with Gasteiger partial charge in [0.15, 0.2) is 6.04 Å². The van der Waals surface area contributed by atoms with Crippen LogP contribution in [0.3, 0.4) is 0 Å². The number of ether oxygens (including phenoxy) is 2. The van der Waals surface area contributed by atoms with Gasteiger partial charge in [0.1, 0.15) is 11.3 Å². The Balaban J connectivity index is 2.18. The lowest BCUT2D eigenvalue weighted by molar-refractivity contribution is -0.146. The van der Waals surface area contributed by atoms with Gasteiger partial charge in [-0.15, -0.1) is 0 Å². The first-order valence-electron chi connectivity index (χ1n) is 8.30. The molecular weight excluding hydrogens is 300 g/mol. The van der Waals surface area contributed by atoms with Crippen molar-refractivity contribution in [1.82, 2.24) is 9.80 Å². The van der Waals surface area contributed by atoms with Crippen LogP contribution in [0.2, 0.25) is 0 Å². The molecule has 2 aliphatic heterocycles. The van der Waals surface area contributed by atoms with Gasteiger partial charge in [-0.3, -0.25) is 4.90 Å². The highest BCUT2D eigenvalue weighted by atomic mass is 16.6. The topological polar surface area (TPSA) is 79.3 Å². The van der Waals surface area contributed by atoms with E-state index < -0.39 is 29.4 Å². The van der Waals surface area contributed by atoms with Gasteiger partial charge in [-0.05, 0) is 33.7 Å². The van der Waals surface area contributed by atoms with Crippen molar-refractivity contribution in [2.24, 2.45) is 0 Å². The average Bonchev–Trinajstić information content (AvgIpc) is 2.79. The van der Waals surface area contributed by atoms with Crippen LogP contribution in [0, 0.1) is 0 Å². The predicted molar refractivity (Wildman–Crippen MR) is 84.1 cm³/mol. The minimum absolute atomic E-state index is 0.0162. The van der Waals surface area contributed by atoms with E-state index in [1.165, 1.54) is 4.90 Å². The number of hydrogen-bond donors (Lipinski definition) is 1. The Morgan fingerprint density at radius 3 is 2.39 bits per heavy atom. The minimum atomic E-state index is -1.05. The molecule has 0 saturated carbocycles. The number of carboxylic acids is 1. The first-order valence-corrected chi connectivity index (χ1v) is 8.30. The van der Waals surface area contributed by atoms with Crippen LogP contribution in [-0.2, 0) is 14.3 Å². The Morgan fingerprint density at radius 1 is 1.30 bits per heavy atom. The smallest absolute Gasteiger partial charge is 0.413 e. The number of likely N-dealkylation sites (tertiary alicyclic amines) is 1. The molecule has 0 aliphatic carbocycles. The van der Waals surface area contributed by atoms with E-state index in [2.05, 4.69) is 11.8 Å². The van der Waals surface area contributed by atoms with Gasteiger partial charge in [0.2, 0.25) is 0 Å². The molecule has 2 rings (SSSR count). The van der Waals surface area contributed by atoms with Crippen molar-refractivity contribution >= 4 is 12.1 Å². The molecule has 7 heteroatoms. The van der Waals surface area contributed by atoms with Crippen molar-refractivity contribution < 1.29 is 24.2 Å². The molecule has 7 nitrogen and oxygen atoms in total. The Labute approximate surface area is 137 Å². The monoisotopic (exact) mass is 328 g/mol. The molecule has 0 aromatic rings. The summed E-state index contributed by atoms with van der Waals surface area (Å²) in [5, 5.41) is 9.44. The molecule has 0 radical (unpaired) electrons. The SMILES string of the molecule is CCCN1CCC2(CC1)OCC(C(=O)O)N2C(=O)OC(C)(C)C. The van der Waals surface area contributed by atoms with Crippen molar-refractivity contribution in [3.63, 3.8) is 0 Å². The molecule has 0 aromatic heterocycles. The summed E-state index contributed by atoms with van der Waals surface area (Å²) in [5.74, 6) is -1.05. The second kappa shape index (κ2) is 6.65. The molecule has 0 bridgehead atoms. The van der Waals surface area contributed by atoms with Crippen LogP contribution in [0.15, 0.2) is 0 Å². The fraction of sp³-hybridized carbons (Fsp3) is 0.875. The maximum atomic E-state index is 12.6. The van der Waals surface area contributed by atoms with Crippen LogP contribution < -0.4 is 0 Å². The third-order valence-electron chi connectivity index (χ3n) is 4.31. The molecule has 132 valence electrons. The molecule has 0 aromatic carbocycles. The third kappa shape index (κ3) is 3.95. The van der Waals surface area contributed by atoms with E-state index in [1.807, 2.05) is 0 Å². The molecular formula is C16H28N2O5. The van der Waals surface area contributed by atoms with E-state index in [4.69, 9.17) is 9.47 Å². The van der Waals surface area contributed by atoms with Gasteiger partial charge in [-0.25, -0.2) is 9.59 Å². The summed E-state index contributed by atoms with van der Waals surface area (Å²) in [5.41, 5.74) is -1.53. The quantitative estimate of drug-likeness (QED) is 0.852. The highest BCUT2D eigenvalue weighted by Gasteiger charge is 2.55. The highest BCUT2D eigenvalue weighted by molar-refractivity contribution is 5.81. The van der Waals surface area contributed by atoms with Crippen LogP contribution in [0.25, 0.3) is 0 Å². The van der Waals surface area contributed by atoms with Crippen molar-refractivity contribution in [2.75, 3.05) is 26.2 Å². The normalized spacial score (nSPS) is 24.9. The van der Waals surface area contributed by atoms with E-state index in [9.17, 15) is 14.7 Å². The number of amides is 1. The Bertz CT molecular complexity index is 452. The number of carbonyl (C=O) groups is 2. The molecule has 1 unspecified atom stereocenters. The molecule has 2 aliphatic rings. The van der Waals surface area contributed by atoms with Gasteiger partial charge in [0.25, 0.3) is 0 Å². The van der Waals surface area contributed by atoms with E-state index in [-0.39, 0.29) is 6.61 Å². The second-order valence-electron chi connectivity index (χ2n) is 7.30. The minimum Gasteiger partial charge on any atom is -0.480 e. The van der Waals surface area contributed by atoms with Crippen molar-refractivity contribution in [3.8, 4) is 0 Å². The van der Waals surface area contributed by atoms with Gasteiger partial charge in [-0.1, -0.05) is 6.92 Å². The second-order valence-corrected chi connectivity index (χ2v) is 7.30. The van der Waals surface area contributed by atoms with E-state index in [0.29, 0.717) is 12.8 Å². The van der Waals surface area contributed by atoms with E-state index in [0.717, 1.165) is 26.1 Å². The number of carbonyl (C=O) groups excluding carboxylic acids is 1. The summed E-state index contributed by atoms with van der Waals surface area (Å²) in [7, 11) is 0. The van der Waals surface area contributed by atoms with E-state index >= 15 is 0 Å². The largest absolute Gasteiger partial charge is 0.480 e. The van der Waals surface area contributed by atoms with Gasteiger partial charge in [0.05, 0.1) is 6.61 Å². The molecule has 1 atom stereocenters. The summed E-state index contributed by atoms with van der Waals surface area (Å²) in [4.78, 5) is 27.8. The Morgan fingerprint density at radius 2 is 1.91 bits per heavy atom.